The molecule has 0 atom stereocenters. The van der Waals surface area contributed by atoms with Crippen molar-refractivity contribution in [2.24, 2.45) is 0 Å². The molecule has 0 unspecified atom stereocenters. The molecule has 0 aliphatic rings. The van der Waals surface area contributed by atoms with Crippen LogP contribution in [-0.4, -0.2) is 22.2 Å². The molecule has 0 saturated heterocycles. The Kier molecular flexibility index (Phi) is 2.03. The third-order valence-corrected chi connectivity index (χ3v) is 2.30. The number of aromatic nitrogens is 1. The first kappa shape index (κ1) is 8.63. The van der Waals surface area contributed by atoms with Crippen molar-refractivity contribution < 1.29 is 10.0 Å². The monoisotopic (exact) mass is 195 g/mol. The minimum Gasteiger partial charge on any atom is -0.423 e. The van der Waals surface area contributed by atoms with Crippen molar-refractivity contribution >= 4 is 35.1 Å². The number of halogens is 1. The highest BCUT2D eigenvalue weighted by atomic mass is 35.5. The first-order chi connectivity index (χ1) is 6.20. The van der Waals surface area contributed by atoms with Crippen molar-refractivity contribution in [1.29, 1.82) is 0 Å². The molecule has 0 aliphatic heterocycles. The van der Waals surface area contributed by atoms with Gasteiger partial charge in [0.25, 0.3) is 0 Å². The molecule has 1 aromatic carbocycles. The van der Waals surface area contributed by atoms with Crippen molar-refractivity contribution in [3.05, 3.63) is 29.4 Å². The normalized spacial score (nSPS) is 10.7. The fraction of sp³-hybridized carbons (Fsp3) is 0. The molecule has 0 saturated carbocycles. The molecule has 5 heteroatoms. The molecule has 0 spiro atoms. The average molecular weight is 195 g/mol. The Morgan fingerprint density at radius 3 is 2.69 bits per heavy atom. The van der Waals surface area contributed by atoms with Crippen LogP contribution < -0.4 is 5.46 Å². The smallest absolute Gasteiger partial charge is 0.423 e. The first-order valence-electron chi connectivity index (χ1n) is 3.82. The largest absolute Gasteiger partial charge is 0.489 e. The zero-order valence-corrected chi connectivity index (χ0v) is 7.42. The maximum atomic E-state index is 9.03. The van der Waals surface area contributed by atoms with Gasteiger partial charge in [0.2, 0.25) is 0 Å². The quantitative estimate of drug-likeness (QED) is 0.581. The lowest BCUT2D eigenvalue weighted by Crippen LogP contribution is -2.30. The van der Waals surface area contributed by atoms with Crippen LogP contribution >= 0.6 is 11.6 Å². The fourth-order valence-electron chi connectivity index (χ4n) is 1.37. The zero-order valence-electron chi connectivity index (χ0n) is 6.66. The Labute approximate surface area is 80.1 Å². The third-order valence-electron chi connectivity index (χ3n) is 1.98. The van der Waals surface area contributed by atoms with E-state index in [9.17, 15) is 0 Å². The lowest BCUT2D eigenvalue weighted by molar-refractivity contribution is 0.426. The standard InChI is InChI=1S/C8H7BClNO2/c10-7-2-1-6(9(12)13)5-3-4-11-8(5)7/h1-4,11-13H. The van der Waals surface area contributed by atoms with Crippen molar-refractivity contribution in [2.75, 3.05) is 0 Å². The Bertz CT molecular complexity index is 441. The minimum absolute atomic E-state index is 0.459. The van der Waals surface area contributed by atoms with Gasteiger partial charge < -0.3 is 15.0 Å². The van der Waals surface area contributed by atoms with Crippen LogP contribution in [0.1, 0.15) is 0 Å². The molecule has 2 rings (SSSR count). The van der Waals surface area contributed by atoms with E-state index in [0.717, 1.165) is 10.9 Å². The van der Waals surface area contributed by atoms with Gasteiger partial charge in [-0.05, 0) is 17.6 Å². The van der Waals surface area contributed by atoms with Gasteiger partial charge >= 0.3 is 7.12 Å². The van der Waals surface area contributed by atoms with E-state index in [1.54, 1.807) is 24.4 Å². The number of rotatable bonds is 1. The summed E-state index contributed by atoms with van der Waals surface area (Å²) in [5.41, 5.74) is 1.19. The van der Waals surface area contributed by atoms with E-state index in [0.29, 0.717) is 10.5 Å². The number of H-pyrrole nitrogens is 1. The molecule has 66 valence electrons. The SMILES string of the molecule is OB(O)c1ccc(Cl)c2[nH]ccc12. The Hall–Kier alpha value is -0.965. The van der Waals surface area contributed by atoms with Crippen LogP contribution in [0.2, 0.25) is 5.02 Å². The van der Waals surface area contributed by atoms with Crippen LogP contribution in [0, 0.1) is 0 Å². The van der Waals surface area contributed by atoms with E-state index < -0.39 is 7.12 Å². The Morgan fingerprint density at radius 2 is 2.00 bits per heavy atom. The van der Waals surface area contributed by atoms with Gasteiger partial charge in [0.15, 0.2) is 0 Å². The average Bonchev–Trinajstić information content (AvgIpc) is 2.53. The zero-order chi connectivity index (χ0) is 9.42. The summed E-state index contributed by atoms with van der Waals surface area (Å²) < 4.78 is 0. The highest BCUT2D eigenvalue weighted by Gasteiger charge is 2.15. The van der Waals surface area contributed by atoms with Crippen LogP contribution in [0.3, 0.4) is 0 Å². The predicted molar refractivity (Wildman–Crippen MR) is 53.1 cm³/mol. The van der Waals surface area contributed by atoms with E-state index in [-0.39, 0.29) is 0 Å². The second kappa shape index (κ2) is 3.07. The number of hydrogen-bond donors (Lipinski definition) is 3. The minimum atomic E-state index is -1.46. The summed E-state index contributed by atoms with van der Waals surface area (Å²) in [4.78, 5) is 2.93. The van der Waals surface area contributed by atoms with Gasteiger partial charge in [-0.25, -0.2) is 0 Å². The molecule has 1 heterocycles. The highest BCUT2D eigenvalue weighted by molar-refractivity contribution is 6.62. The number of aromatic amines is 1. The van der Waals surface area contributed by atoms with Gasteiger partial charge in [-0.15, -0.1) is 0 Å². The van der Waals surface area contributed by atoms with E-state index in [1.807, 2.05) is 0 Å². The highest BCUT2D eigenvalue weighted by Crippen LogP contribution is 2.19. The topological polar surface area (TPSA) is 56.2 Å². The van der Waals surface area contributed by atoms with E-state index in [1.165, 1.54) is 0 Å². The molecule has 3 nitrogen and oxygen atoms in total. The van der Waals surface area contributed by atoms with Crippen LogP contribution in [0.15, 0.2) is 24.4 Å². The summed E-state index contributed by atoms with van der Waals surface area (Å²) in [5, 5.41) is 19.4. The van der Waals surface area contributed by atoms with Crippen LogP contribution in [0.25, 0.3) is 10.9 Å². The molecule has 0 amide bonds. The van der Waals surface area contributed by atoms with Crippen molar-refractivity contribution in [3.8, 4) is 0 Å². The van der Waals surface area contributed by atoms with E-state index in [4.69, 9.17) is 21.6 Å². The summed E-state index contributed by atoms with van der Waals surface area (Å²) in [6.07, 6.45) is 1.71. The molecule has 1 aromatic heterocycles. The third kappa shape index (κ3) is 1.33. The van der Waals surface area contributed by atoms with Gasteiger partial charge in [0.05, 0.1) is 10.5 Å². The van der Waals surface area contributed by atoms with Gasteiger partial charge in [-0.3, -0.25) is 0 Å². The first-order valence-corrected chi connectivity index (χ1v) is 4.19. The molecular formula is C8H7BClNO2. The number of fused-ring (bicyclic) bond motifs is 1. The number of hydrogen-bond acceptors (Lipinski definition) is 2. The molecule has 0 fully saturated rings. The maximum absolute atomic E-state index is 9.03. The molecule has 3 N–H and O–H groups in total. The van der Waals surface area contributed by atoms with Gasteiger partial charge in [-0.2, -0.15) is 0 Å². The second-order valence-corrected chi connectivity index (χ2v) is 3.18. The molecule has 2 aromatic rings. The summed E-state index contributed by atoms with van der Waals surface area (Å²) in [7, 11) is -1.46. The van der Waals surface area contributed by atoms with Crippen molar-refractivity contribution in [2.45, 2.75) is 0 Å². The molecule has 13 heavy (non-hydrogen) atoms. The maximum Gasteiger partial charge on any atom is 0.489 e. The number of benzene rings is 1. The Morgan fingerprint density at radius 1 is 1.23 bits per heavy atom. The lowest BCUT2D eigenvalue weighted by atomic mass is 9.78. The van der Waals surface area contributed by atoms with E-state index in [2.05, 4.69) is 4.98 Å². The van der Waals surface area contributed by atoms with Crippen LogP contribution in [0.5, 0.6) is 0 Å². The van der Waals surface area contributed by atoms with Crippen LogP contribution in [0.4, 0.5) is 0 Å². The Balaban J connectivity index is 2.78. The van der Waals surface area contributed by atoms with Gasteiger partial charge in [0.1, 0.15) is 0 Å². The molecule has 0 aliphatic carbocycles. The molecule has 0 bridgehead atoms. The van der Waals surface area contributed by atoms with Crippen molar-refractivity contribution in [3.63, 3.8) is 0 Å². The van der Waals surface area contributed by atoms with Crippen molar-refractivity contribution in [1.82, 2.24) is 4.98 Å². The molecular weight excluding hydrogens is 188 g/mol. The fourth-order valence-corrected chi connectivity index (χ4v) is 1.59. The lowest BCUT2D eigenvalue weighted by Gasteiger charge is -2.02. The summed E-state index contributed by atoms with van der Waals surface area (Å²) in [6.45, 7) is 0. The van der Waals surface area contributed by atoms with E-state index >= 15 is 0 Å². The number of nitrogens with one attached hydrogen (secondary N) is 1. The second-order valence-electron chi connectivity index (χ2n) is 2.78. The van der Waals surface area contributed by atoms with Crippen LogP contribution in [-0.2, 0) is 0 Å². The summed E-state index contributed by atoms with van der Waals surface area (Å²) in [6, 6.07) is 4.99. The summed E-state index contributed by atoms with van der Waals surface area (Å²) in [5.74, 6) is 0. The summed E-state index contributed by atoms with van der Waals surface area (Å²) >= 11 is 5.88. The molecule has 0 radical (unpaired) electrons. The van der Waals surface area contributed by atoms with Gasteiger partial charge in [0, 0.05) is 11.6 Å². The predicted octanol–water partition coefficient (Wildman–Crippen LogP) is 0.501. The van der Waals surface area contributed by atoms with Gasteiger partial charge in [-0.1, -0.05) is 17.7 Å².